The minimum absolute atomic E-state index is 0.0916. The van der Waals surface area contributed by atoms with Crippen LogP contribution >= 0.6 is 0 Å². The average molecular weight is 263 g/mol. The lowest BCUT2D eigenvalue weighted by molar-refractivity contribution is -0.145. The van der Waals surface area contributed by atoms with Crippen molar-refractivity contribution in [3.05, 3.63) is 35.4 Å². The molecule has 0 radical (unpaired) electrons. The molecule has 1 aromatic carbocycles. The van der Waals surface area contributed by atoms with Gasteiger partial charge in [-0.3, -0.25) is 4.79 Å². The van der Waals surface area contributed by atoms with Crippen LogP contribution in [0.15, 0.2) is 24.3 Å². The molecular formula is C14H17NO4. The van der Waals surface area contributed by atoms with Crippen molar-refractivity contribution in [2.45, 2.75) is 25.5 Å². The van der Waals surface area contributed by atoms with Crippen LogP contribution in [0.5, 0.6) is 0 Å². The van der Waals surface area contributed by atoms with Gasteiger partial charge in [0.25, 0.3) is 0 Å². The Labute approximate surface area is 111 Å². The van der Waals surface area contributed by atoms with Gasteiger partial charge in [-0.25, -0.2) is 4.79 Å². The molecule has 19 heavy (non-hydrogen) atoms. The molecule has 2 atom stereocenters. The van der Waals surface area contributed by atoms with E-state index in [1.807, 2.05) is 12.1 Å². The third kappa shape index (κ3) is 3.32. The molecular weight excluding hydrogens is 246 g/mol. The molecule has 0 spiro atoms. The van der Waals surface area contributed by atoms with Crippen LogP contribution in [0.2, 0.25) is 0 Å². The highest BCUT2D eigenvalue weighted by Crippen LogP contribution is 2.25. The van der Waals surface area contributed by atoms with Gasteiger partial charge in [0.05, 0.1) is 12.7 Å². The number of hydrogen-bond donors (Lipinski definition) is 1. The molecule has 102 valence electrons. The van der Waals surface area contributed by atoms with Gasteiger partial charge in [-0.2, -0.15) is 0 Å². The summed E-state index contributed by atoms with van der Waals surface area (Å²) in [5.74, 6) is -0.618. The highest BCUT2D eigenvalue weighted by atomic mass is 16.5. The highest BCUT2D eigenvalue weighted by molar-refractivity contribution is 5.89. The zero-order valence-corrected chi connectivity index (χ0v) is 11.0. The Morgan fingerprint density at radius 1 is 1.37 bits per heavy atom. The van der Waals surface area contributed by atoms with E-state index in [1.54, 1.807) is 12.1 Å². The first-order chi connectivity index (χ1) is 9.10. The number of hydrogen-bond acceptors (Lipinski definition) is 5. The molecule has 5 heteroatoms. The van der Waals surface area contributed by atoms with Crippen molar-refractivity contribution in [1.29, 1.82) is 0 Å². The van der Waals surface area contributed by atoms with Crippen LogP contribution in [0.4, 0.5) is 0 Å². The fourth-order valence-electron chi connectivity index (χ4n) is 2.28. The molecule has 0 aliphatic carbocycles. The summed E-state index contributed by atoms with van der Waals surface area (Å²) in [6.07, 6.45) is 0.605. The molecule has 1 saturated heterocycles. The largest absolute Gasteiger partial charge is 0.465 e. The van der Waals surface area contributed by atoms with E-state index < -0.39 is 0 Å². The maximum atomic E-state index is 11.5. The molecule has 1 N–H and O–H groups in total. The lowest BCUT2D eigenvalue weighted by Gasteiger charge is -2.12. The highest BCUT2D eigenvalue weighted by Gasteiger charge is 2.27. The van der Waals surface area contributed by atoms with Crippen LogP contribution in [0.25, 0.3) is 0 Å². The first-order valence-corrected chi connectivity index (χ1v) is 6.19. The molecule has 1 aromatic rings. The van der Waals surface area contributed by atoms with Gasteiger partial charge in [0, 0.05) is 25.9 Å². The van der Waals surface area contributed by atoms with Gasteiger partial charge < -0.3 is 14.8 Å². The monoisotopic (exact) mass is 263 g/mol. The van der Waals surface area contributed by atoms with Crippen molar-refractivity contribution in [3.63, 3.8) is 0 Å². The number of nitrogens with one attached hydrogen (secondary N) is 1. The van der Waals surface area contributed by atoms with Crippen molar-refractivity contribution in [2.75, 3.05) is 13.7 Å². The van der Waals surface area contributed by atoms with Crippen molar-refractivity contribution in [2.24, 2.45) is 0 Å². The lowest BCUT2D eigenvalue weighted by Crippen LogP contribution is -2.19. The topological polar surface area (TPSA) is 64.6 Å². The second-order valence-electron chi connectivity index (χ2n) is 4.55. The number of carbonyl (C=O) groups excluding carboxylic acids is 2. The number of methoxy groups -OCH3 is 1. The molecule has 1 heterocycles. The van der Waals surface area contributed by atoms with Crippen molar-refractivity contribution in [1.82, 2.24) is 5.32 Å². The van der Waals surface area contributed by atoms with E-state index in [-0.39, 0.29) is 24.1 Å². The van der Waals surface area contributed by atoms with Gasteiger partial charge in [-0.15, -0.1) is 0 Å². The first-order valence-electron chi connectivity index (χ1n) is 6.19. The van der Waals surface area contributed by atoms with Crippen LogP contribution in [-0.2, 0) is 14.3 Å². The molecule has 0 aromatic heterocycles. The summed E-state index contributed by atoms with van der Waals surface area (Å²) in [5, 5.41) is 3.28. The van der Waals surface area contributed by atoms with E-state index >= 15 is 0 Å². The molecule has 1 unspecified atom stereocenters. The standard InChI is InChI=1S/C14H17NO4/c1-9(16)19-12-7-13(15-8-12)10-4-3-5-11(6-10)14(17)18-2/h3-6,12-13,15H,7-8H2,1-2H3/t12?,13-/m1/s1. The summed E-state index contributed by atoms with van der Waals surface area (Å²) in [6, 6.07) is 7.38. The van der Waals surface area contributed by atoms with E-state index in [0.29, 0.717) is 18.5 Å². The Kier molecular flexibility index (Phi) is 4.16. The zero-order chi connectivity index (χ0) is 13.8. The predicted molar refractivity (Wildman–Crippen MR) is 68.7 cm³/mol. The van der Waals surface area contributed by atoms with Gasteiger partial charge in [0.2, 0.25) is 0 Å². The molecule has 1 fully saturated rings. The molecule has 1 aliphatic rings. The van der Waals surface area contributed by atoms with E-state index in [9.17, 15) is 9.59 Å². The fraction of sp³-hybridized carbons (Fsp3) is 0.429. The summed E-state index contributed by atoms with van der Waals surface area (Å²) in [4.78, 5) is 22.4. The number of carbonyl (C=O) groups is 2. The molecule has 1 aliphatic heterocycles. The van der Waals surface area contributed by atoms with E-state index in [0.717, 1.165) is 5.56 Å². The van der Waals surface area contributed by atoms with Crippen molar-refractivity contribution < 1.29 is 19.1 Å². The second kappa shape index (κ2) is 5.84. The summed E-state index contributed by atoms with van der Waals surface area (Å²) >= 11 is 0. The van der Waals surface area contributed by atoms with Crippen LogP contribution in [0, 0.1) is 0 Å². The van der Waals surface area contributed by atoms with Crippen LogP contribution < -0.4 is 5.32 Å². The lowest BCUT2D eigenvalue weighted by atomic mass is 10.0. The Hall–Kier alpha value is -1.88. The van der Waals surface area contributed by atoms with E-state index in [1.165, 1.54) is 14.0 Å². The Morgan fingerprint density at radius 2 is 2.16 bits per heavy atom. The molecule has 0 saturated carbocycles. The van der Waals surface area contributed by atoms with Crippen molar-refractivity contribution in [3.8, 4) is 0 Å². The number of rotatable bonds is 3. The fourth-order valence-corrected chi connectivity index (χ4v) is 2.28. The van der Waals surface area contributed by atoms with E-state index in [2.05, 4.69) is 5.32 Å². The molecule has 2 rings (SSSR count). The molecule has 0 bridgehead atoms. The SMILES string of the molecule is COC(=O)c1cccc([C@H]2CC(OC(C)=O)CN2)c1. The summed E-state index contributed by atoms with van der Waals surface area (Å²) < 4.78 is 9.87. The quantitative estimate of drug-likeness (QED) is 0.836. The summed E-state index contributed by atoms with van der Waals surface area (Å²) in [5.41, 5.74) is 1.52. The normalized spacial score (nSPS) is 22.0. The average Bonchev–Trinajstić information content (AvgIpc) is 2.85. The predicted octanol–water partition coefficient (Wildman–Crippen LogP) is 1.44. The Morgan fingerprint density at radius 3 is 2.84 bits per heavy atom. The molecule has 0 amide bonds. The maximum absolute atomic E-state index is 11.5. The second-order valence-corrected chi connectivity index (χ2v) is 4.55. The van der Waals surface area contributed by atoms with Crippen molar-refractivity contribution >= 4 is 11.9 Å². The van der Waals surface area contributed by atoms with Gasteiger partial charge in [-0.05, 0) is 17.7 Å². The number of benzene rings is 1. The minimum Gasteiger partial charge on any atom is -0.465 e. The first kappa shape index (κ1) is 13.5. The number of esters is 2. The van der Waals surface area contributed by atoms with Crippen LogP contribution in [0.1, 0.15) is 35.3 Å². The smallest absolute Gasteiger partial charge is 0.337 e. The third-order valence-corrected chi connectivity index (χ3v) is 3.13. The van der Waals surface area contributed by atoms with E-state index in [4.69, 9.17) is 9.47 Å². The minimum atomic E-state index is -0.351. The summed E-state index contributed by atoms with van der Waals surface area (Å²) in [6.45, 7) is 2.04. The van der Waals surface area contributed by atoms with Crippen LogP contribution in [-0.4, -0.2) is 31.7 Å². The van der Waals surface area contributed by atoms with Gasteiger partial charge >= 0.3 is 11.9 Å². The summed E-state index contributed by atoms with van der Waals surface area (Å²) in [7, 11) is 1.36. The van der Waals surface area contributed by atoms with Gasteiger partial charge in [-0.1, -0.05) is 12.1 Å². The number of ether oxygens (including phenoxy) is 2. The Bertz CT molecular complexity index is 486. The van der Waals surface area contributed by atoms with Gasteiger partial charge in [0.1, 0.15) is 6.10 Å². The van der Waals surface area contributed by atoms with Crippen LogP contribution in [0.3, 0.4) is 0 Å². The maximum Gasteiger partial charge on any atom is 0.337 e. The third-order valence-electron chi connectivity index (χ3n) is 3.13. The Balaban J connectivity index is 2.07. The zero-order valence-electron chi connectivity index (χ0n) is 11.0. The molecule has 5 nitrogen and oxygen atoms in total. The van der Waals surface area contributed by atoms with Gasteiger partial charge in [0.15, 0.2) is 0 Å².